The summed E-state index contributed by atoms with van der Waals surface area (Å²) in [4.78, 5) is 31.7. The molecule has 0 aliphatic carbocycles. The molecule has 0 unspecified atom stereocenters. The third kappa shape index (κ3) is 6.29. The maximum Gasteiger partial charge on any atom is 0.260 e. The summed E-state index contributed by atoms with van der Waals surface area (Å²) in [5.74, 6) is 0.992. The Hall–Kier alpha value is -3.06. The topological polar surface area (TPSA) is 62.3 Å². The summed E-state index contributed by atoms with van der Waals surface area (Å²) < 4.78 is 11.6. The second kappa shape index (κ2) is 11.9. The molecule has 2 aliphatic heterocycles. The fourth-order valence-electron chi connectivity index (χ4n) is 4.54. The zero-order valence-corrected chi connectivity index (χ0v) is 20.1. The molecule has 2 heterocycles. The number of ether oxygens (including phenoxy) is 2. The number of piperazine rings is 1. The molecular weight excluding hydrogens is 430 g/mol. The summed E-state index contributed by atoms with van der Waals surface area (Å²) in [5.41, 5.74) is 1.87. The Morgan fingerprint density at radius 3 is 2.24 bits per heavy atom. The lowest BCUT2D eigenvalue weighted by atomic mass is 10.1. The van der Waals surface area contributed by atoms with E-state index in [0.717, 1.165) is 45.6 Å². The highest BCUT2D eigenvalue weighted by Crippen LogP contribution is 2.29. The largest absolute Gasteiger partial charge is 0.490 e. The fourth-order valence-corrected chi connectivity index (χ4v) is 4.54. The van der Waals surface area contributed by atoms with Crippen LogP contribution in [-0.4, -0.2) is 79.0 Å². The first-order valence-electron chi connectivity index (χ1n) is 12.4. The molecule has 7 heteroatoms. The monoisotopic (exact) mass is 465 g/mol. The van der Waals surface area contributed by atoms with Crippen LogP contribution in [0.25, 0.3) is 0 Å². The zero-order chi connectivity index (χ0) is 23.8. The average molecular weight is 466 g/mol. The summed E-state index contributed by atoms with van der Waals surface area (Å²) >= 11 is 0. The van der Waals surface area contributed by atoms with Crippen molar-refractivity contribution in [3.05, 3.63) is 59.7 Å². The van der Waals surface area contributed by atoms with E-state index in [0.29, 0.717) is 36.8 Å². The molecule has 2 aliphatic rings. The first kappa shape index (κ1) is 24.1. The van der Waals surface area contributed by atoms with Crippen LogP contribution in [0.4, 0.5) is 0 Å². The lowest BCUT2D eigenvalue weighted by Gasteiger charge is -2.35. The average Bonchev–Trinajstić information content (AvgIpc) is 2.89. The minimum Gasteiger partial charge on any atom is -0.490 e. The second-order valence-electron chi connectivity index (χ2n) is 8.88. The van der Waals surface area contributed by atoms with Crippen molar-refractivity contribution >= 4 is 11.8 Å². The predicted octanol–water partition coefficient (Wildman–Crippen LogP) is 3.43. The van der Waals surface area contributed by atoms with Crippen LogP contribution in [0.5, 0.6) is 11.5 Å². The SMILES string of the molecule is CCOc1cc(C(=O)N2CCN(Cc3ccccc3)CC2)ccc1OCC(=O)N1CCCCC1. The number of nitrogens with zero attached hydrogens (tertiary/aromatic N) is 3. The van der Waals surface area contributed by atoms with Gasteiger partial charge in [-0.3, -0.25) is 14.5 Å². The smallest absolute Gasteiger partial charge is 0.260 e. The van der Waals surface area contributed by atoms with E-state index in [-0.39, 0.29) is 18.4 Å². The van der Waals surface area contributed by atoms with Gasteiger partial charge in [0.15, 0.2) is 18.1 Å². The second-order valence-corrected chi connectivity index (χ2v) is 8.88. The highest BCUT2D eigenvalue weighted by molar-refractivity contribution is 5.95. The van der Waals surface area contributed by atoms with E-state index in [2.05, 4.69) is 29.2 Å². The Balaban J connectivity index is 1.33. The van der Waals surface area contributed by atoms with Gasteiger partial charge < -0.3 is 19.3 Å². The molecular formula is C27H35N3O4. The number of amides is 2. The van der Waals surface area contributed by atoms with E-state index in [1.165, 1.54) is 12.0 Å². The van der Waals surface area contributed by atoms with Crippen molar-refractivity contribution in [2.24, 2.45) is 0 Å². The molecule has 0 bridgehead atoms. The van der Waals surface area contributed by atoms with E-state index in [4.69, 9.17) is 9.47 Å². The maximum absolute atomic E-state index is 13.2. The summed E-state index contributed by atoms with van der Waals surface area (Å²) in [6, 6.07) is 15.7. The molecule has 0 radical (unpaired) electrons. The van der Waals surface area contributed by atoms with Crippen molar-refractivity contribution in [1.82, 2.24) is 14.7 Å². The molecule has 0 aromatic heterocycles. The van der Waals surface area contributed by atoms with Crippen LogP contribution in [-0.2, 0) is 11.3 Å². The molecule has 4 rings (SSSR count). The Morgan fingerprint density at radius 2 is 1.53 bits per heavy atom. The Morgan fingerprint density at radius 1 is 0.794 bits per heavy atom. The number of carbonyl (C=O) groups is 2. The van der Waals surface area contributed by atoms with Crippen molar-refractivity contribution in [2.75, 3.05) is 52.5 Å². The van der Waals surface area contributed by atoms with Gasteiger partial charge in [-0.2, -0.15) is 0 Å². The van der Waals surface area contributed by atoms with Crippen LogP contribution in [0.15, 0.2) is 48.5 Å². The number of piperidine rings is 1. The zero-order valence-electron chi connectivity index (χ0n) is 20.1. The quantitative estimate of drug-likeness (QED) is 0.598. The fraction of sp³-hybridized carbons (Fsp3) is 0.481. The van der Waals surface area contributed by atoms with Crippen molar-refractivity contribution in [3.8, 4) is 11.5 Å². The molecule has 0 N–H and O–H groups in total. The summed E-state index contributed by atoms with van der Waals surface area (Å²) in [5, 5.41) is 0. The molecule has 34 heavy (non-hydrogen) atoms. The van der Waals surface area contributed by atoms with Crippen LogP contribution >= 0.6 is 0 Å². The van der Waals surface area contributed by atoms with E-state index in [1.54, 1.807) is 18.2 Å². The summed E-state index contributed by atoms with van der Waals surface area (Å²) in [7, 11) is 0. The molecule has 0 spiro atoms. The number of benzene rings is 2. The van der Waals surface area contributed by atoms with Gasteiger partial charge in [-0.1, -0.05) is 30.3 Å². The standard InChI is InChI=1S/C27H35N3O4/c1-2-33-25-19-23(11-12-24(25)34-21-26(31)29-13-7-4-8-14-29)27(32)30-17-15-28(16-18-30)20-22-9-5-3-6-10-22/h3,5-6,9-12,19H,2,4,7-8,13-18,20-21H2,1H3. The molecule has 2 fully saturated rings. The van der Waals surface area contributed by atoms with Crippen molar-refractivity contribution in [3.63, 3.8) is 0 Å². The highest BCUT2D eigenvalue weighted by Gasteiger charge is 2.24. The van der Waals surface area contributed by atoms with E-state index in [9.17, 15) is 9.59 Å². The van der Waals surface area contributed by atoms with E-state index >= 15 is 0 Å². The molecule has 2 aromatic rings. The minimum atomic E-state index is -0.0171. The molecule has 182 valence electrons. The molecule has 0 saturated carbocycles. The highest BCUT2D eigenvalue weighted by atomic mass is 16.5. The van der Waals surface area contributed by atoms with Crippen LogP contribution in [0.3, 0.4) is 0 Å². The lowest BCUT2D eigenvalue weighted by molar-refractivity contribution is -0.134. The molecule has 2 saturated heterocycles. The van der Waals surface area contributed by atoms with Gasteiger partial charge in [0.25, 0.3) is 11.8 Å². The number of likely N-dealkylation sites (tertiary alicyclic amines) is 1. The van der Waals surface area contributed by atoms with Crippen molar-refractivity contribution in [1.29, 1.82) is 0 Å². The predicted molar refractivity (Wildman–Crippen MR) is 131 cm³/mol. The van der Waals surface area contributed by atoms with Crippen LogP contribution in [0.1, 0.15) is 42.1 Å². The summed E-state index contributed by atoms with van der Waals surface area (Å²) in [6.07, 6.45) is 3.28. The first-order valence-corrected chi connectivity index (χ1v) is 12.4. The van der Waals surface area contributed by atoms with Crippen molar-refractivity contribution < 1.29 is 19.1 Å². The van der Waals surface area contributed by atoms with Crippen LogP contribution in [0.2, 0.25) is 0 Å². The number of rotatable bonds is 8. The third-order valence-electron chi connectivity index (χ3n) is 6.46. The van der Waals surface area contributed by atoms with Gasteiger partial charge >= 0.3 is 0 Å². The van der Waals surface area contributed by atoms with Gasteiger partial charge in [0.05, 0.1) is 6.61 Å². The van der Waals surface area contributed by atoms with Gasteiger partial charge in [0.2, 0.25) is 0 Å². The third-order valence-corrected chi connectivity index (χ3v) is 6.46. The minimum absolute atomic E-state index is 0.00347. The van der Waals surface area contributed by atoms with Crippen LogP contribution < -0.4 is 9.47 Å². The number of carbonyl (C=O) groups excluding carboxylic acids is 2. The molecule has 7 nitrogen and oxygen atoms in total. The van der Waals surface area contributed by atoms with Crippen LogP contribution in [0, 0.1) is 0 Å². The number of hydrogen-bond donors (Lipinski definition) is 0. The van der Waals surface area contributed by atoms with Gasteiger partial charge in [0, 0.05) is 51.4 Å². The Kier molecular flexibility index (Phi) is 8.41. The van der Waals surface area contributed by atoms with Gasteiger partial charge in [-0.15, -0.1) is 0 Å². The molecule has 2 aromatic carbocycles. The Bertz CT molecular complexity index is 952. The molecule has 2 amide bonds. The first-order chi connectivity index (χ1) is 16.6. The lowest BCUT2D eigenvalue weighted by Crippen LogP contribution is -2.48. The summed E-state index contributed by atoms with van der Waals surface area (Å²) in [6.45, 7) is 7.90. The Labute approximate surface area is 202 Å². The molecule has 0 atom stereocenters. The van der Waals surface area contributed by atoms with Crippen molar-refractivity contribution in [2.45, 2.75) is 32.7 Å². The normalized spacial score (nSPS) is 16.9. The van der Waals surface area contributed by atoms with E-state index < -0.39 is 0 Å². The van der Waals surface area contributed by atoms with E-state index in [1.807, 2.05) is 22.8 Å². The van der Waals surface area contributed by atoms with Gasteiger partial charge in [-0.05, 0) is 49.9 Å². The van der Waals surface area contributed by atoms with Gasteiger partial charge in [-0.25, -0.2) is 0 Å². The maximum atomic E-state index is 13.2. The number of hydrogen-bond acceptors (Lipinski definition) is 5. The van der Waals surface area contributed by atoms with Gasteiger partial charge in [0.1, 0.15) is 0 Å².